The third-order valence-electron chi connectivity index (χ3n) is 5.41. The number of nitrogens with zero attached hydrogens (tertiary/aromatic N) is 2. The number of imide groups is 1. The van der Waals surface area contributed by atoms with Crippen molar-refractivity contribution in [3.63, 3.8) is 0 Å². The van der Waals surface area contributed by atoms with Crippen LogP contribution in [0.2, 0.25) is 5.02 Å². The number of rotatable bonds is 6. The second-order valence-corrected chi connectivity index (χ2v) is 8.14. The van der Waals surface area contributed by atoms with Crippen LogP contribution in [0.3, 0.4) is 0 Å². The number of hydrogen-bond donors (Lipinski definition) is 1. The summed E-state index contributed by atoms with van der Waals surface area (Å²) < 4.78 is 5.41. The van der Waals surface area contributed by atoms with Crippen LogP contribution < -0.4 is 15.1 Å². The van der Waals surface area contributed by atoms with Gasteiger partial charge in [0, 0.05) is 16.1 Å². The molecule has 4 amide bonds. The molecule has 9 heteroatoms. The molecule has 8 nitrogen and oxygen atoms in total. The summed E-state index contributed by atoms with van der Waals surface area (Å²) in [6, 6.07) is 19.6. The van der Waals surface area contributed by atoms with Crippen LogP contribution in [-0.4, -0.2) is 41.3 Å². The predicted molar refractivity (Wildman–Crippen MR) is 130 cm³/mol. The normalized spacial score (nSPS) is 15.1. The predicted octanol–water partition coefficient (Wildman–Crippen LogP) is 3.86. The number of carbonyl (C=O) groups excluding carboxylic acids is 4. The molecule has 0 aliphatic carbocycles. The summed E-state index contributed by atoms with van der Waals surface area (Å²) in [6.07, 6.45) is -0.286. The summed E-state index contributed by atoms with van der Waals surface area (Å²) in [5.41, 5.74) is 3.36. The average molecular weight is 492 g/mol. The van der Waals surface area contributed by atoms with Gasteiger partial charge < -0.3 is 4.74 Å². The molecule has 0 bridgehead atoms. The van der Waals surface area contributed by atoms with Gasteiger partial charge in [-0.15, -0.1) is 0 Å². The smallest absolute Gasteiger partial charge is 0.273 e. The van der Waals surface area contributed by atoms with E-state index in [0.717, 1.165) is 9.91 Å². The van der Waals surface area contributed by atoms with Crippen molar-refractivity contribution in [1.82, 2.24) is 10.4 Å². The van der Waals surface area contributed by atoms with Gasteiger partial charge in [-0.2, -0.15) is 0 Å². The minimum absolute atomic E-state index is 0.236. The number of halogens is 1. The fourth-order valence-electron chi connectivity index (χ4n) is 3.71. The fourth-order valence-corrected chi connectivity index (χ4v) is 3.84. The number of amides is 4. The molecule has 1 atom stereocenters. The Balaban J connectivity index is 1.64. The number of anilines is 1. The quantitative estimate of drug-likeness (QED) is 0.417. The molecule has 3 aromatic rings. The minimum Gasteiger partial charge on any atom is -0.494 e. The van der Waals surface area contributed by atoms with Gasteiger partial charge in [0.1, 0.15) is 11.8 Å². The summed E-state index contributed by atoms with van der Waals surface area (Å²) >= 11 is 5.90. The summed E-state index contributed by atoms with van der Waals surface area (Å²) in [4.78, 5) is 53.5. The van der Waals surface area contributed by atoms with Gasteiger partial charge in [-0.25, -0.2) is 9.91 Å². The number of benzene rings is 3. The lowest BCUT2D eigenvalue weighted by molar-refractivity contribution is -0.122. The Kier molecular flexibility index (Phi) is 7.12. The molecule has 1 fully saturated rings. The van der Waals surface area contributed by atoms with E-state index < -0.39 is 29.7 Å². The molecule has 35 heavy (non-hydrogen) atoms. The van der Waals surface area contributed by atoms with E-state index in [4.69, 9.17) is 16.3 Å². The van der Waals surface area contributed by atoms with Crippen LogP contribution in [0.15, 0.2) is 78.9 Å². The largest absolute Gasteiger partial charge is 0.494 e. The van der Waals surface area contributed by atoms with Gasteiger partial charge in [0.2, 0.25) is 5.91 Å². The van der Waals surface area contributed by atoms with Gasteiger partial charge in [0.25, 0.3) is 17.7 Å². The molecule has 0 aromatic heterocycles. The van der Waals surface area contributed by atoms with Crippen LogP contribution in [0.5, 0.6) is 5.75 Å². The first-order valence-electron chi connectivity index (χ1n) is 10.9. The Morgan fingerprint density at radius 3 is 2.26 bits per heavy atom. The molecule has 178 valence electrons. The van der Waals surface area contributed by atoms with Crippen LogP contribution in [0, 0.1) is 0 Å². The molecule has 0 spiro atoms. The molecule has 1 N–H and O–H groups in total. The molecular weight excluding hydrogens is 470 g/mol. The lowest BCUT2D eigenvalue weighted by atomic mass is 10.1. The number of hydrazine groups is 1. The van der Waals surface area contributed by atoms with Crippen LogP contribution in [0.4, 0.5) is 5.69 Å². The summed E-state index contributed by atoms with van der Waals surface area (Å²) in [7, 11) is 0. The standard InChI is InChI=1S/C26H22ClN3O5/c1-2-35-21-14-12-20(13-15-21)29-23(31)16-22(26(29)34)30(25(33)18-6-4-3-5-7-18)28-24(32)17-8-10-19(27)11-9-17/h3-15,22H,2,16H2,1H3,(H,28,32). The monoisotopic (exact) mass is 491 g/mol. The first-order chi connectivity index (χ1) is 16.9. The average Bonchev–Trinajstić information content (AvgIpc) is 3.17. The molecular formula is C26H22ClN3O5. The first kappa shape index (κ1) is 24.0. The molecule has 1 aliphatic rings. The van der Waals surface area contributed by atoms with Crippen molar-refractivity contribution in [2.24, 2.45) is 0 Å². The molecule has 1 heterocycles. The maximum Gasteiger partial charge on any atom is 0.273 e. The fraction of sp³-hybridized carbons (Fsp3) is 0.154. The van der Waals surface area contributed by atoms with E-state index in [-0.39, 0.29) is 17.5 Å². The van der Waals surface area contributed by atoms with Crippen LogP contribution in [0.25, 0.3) is 0 Å². The number of carbonyl (C=O) groups is 4. The second-order valence-electron chi connectivity index (χ2n) is 7.70. The van der Waals surface area contributed by atoms with E-state index in [2.05, 4.69) is 5.43 Å². The van der Waals surface area contributed by atoms with Crippen LogP contribution in [0.1, 0.15) is 34.1 Å². The molecule has 1 unspecified atom stereocenters. The lowest BCUT2D eigenvalue weighted by Crippen LogP contribution is -2.54. The van der Waals surface area contributed by atoms with Crippen LogP contribution in [-0.2, 0) is 9.59 Å². The topological polar surface area (TPSA) is 96.0 Å². The third-order valence-corrected chi connectivity index (χ3v) is 5.66. The zero-order valence-corrected chi connectivity index (χ0v) is 19.6. The number of nitrogens with one attached hydrogen (secondary N) is 1. The Morgan fingerprint density at radius 1 is 0.971 bits per heavy atom. The third kappa shape index (κ3) is 5.17. The Bertz CT molecular complexity index is 1250. The molecule has 1 aliphatic heterocycles. The molecule has 4 rings (SSSR count). The molecule has 0 saturated carbocycles. The minimum atomic E-state index is -1.22. The zero-order chi connectivity index (χ0) is 24.9. The van der Waals surface area contributed by atoms with Gasteiger partial charge in [-0.3, -0.25) is 24.6 Å². The summed E-state index contributed by atoms with van der Waals surface area (Å²) in [5, 5.41) is 1.38. The molecule has 0 radical (unpaired) electrons. The van der Waals surface area contributed by atoms with Crippen molar-refractivity contribution >= 4 is 40.9 Å². The van der Waals surface area contributed by atoms with E-state index in [1.807, 2.05) is 6.92 Å². The van der Waals surface area contributed by atoms with Crippen molar-refractivity contribution in [1.29, 1.82) is 0 Å². The Morgan fingerprint density at radius 2 is 1.63 bits per heavy atom. The maximum atomic E-state index is 13.4. The Hall–Kier alpha value is -4.17. The van der Waals surface area contributed by atoms with Crippen molar-refractivity contribution in [3.05, 3.63) is 95.0 Å². The van der Waals surface area contributed by atoms with Crippen molar-refractivity contribution in [2.75, 3.05) is 11.5 Å². The van der Waals surface area contributed by atoms with E-state index in [1.165, 1.54) is 24.3 Å². The van der Waals surface area contributed by atoms with Gasteiger partial charge >= 0.3 is 0 Å². The number of hydrogen-bond acceptors (Lipinski definition) is 5. The van der Waals surface area contributed by atoms with Crippen LogP contribution >= 0.6 is 11.6 Å². The highest BCUT2D eigenvalue weighted by Gasteiger charge is 2.45. The molecule has 3 aromatic carbocycles. The van der Waals surface area contributed by atoms with Gasteiger partial charge in [0.05, 0.1) is 18.7 Å². The lowest BCUT2D eigenvalue weighted by Gasteiger charge is -2.28. The Labute approximate surface area is 207 Å². The summed E-state index contributed by atoms with van der Waals surface area (Å²) in [5.74, 6) is -1.75. The first-order valence-corrected chi connectivity index (χ1v) is 11.3. The van der Waals surface area contributed by atoms with Crippen molar-refractivity contribution in [3.8, 4) is 5.75 Å². The van der Waals surface area contributed by atoms with Gasteiger partial charge in [-0.05, 0) is 67.6 Å². The highest BCUT2D eigenvalue weighted by Crippen LogP contribution is 2.28. The van der Waals surface area contributed by atoms with Gasteiger partial charge in [-0.1, -0.05) is 29.8 Å². The SMILES string of the molecule is CCOc1ccc(N2C(=O)CC(N(NC(=O)c3ccc(Cl)cc3)C(=O)c3ccccc3)C2=O)cc1. The molecule has 1 saturated heterocycles. The second kappa shape index (κ2) is 10.4. The van der Waals surface area contributed by atoms with E-state index in [0.29, 0.717) is 23.1 Å². The van der Waals surface area contributed by atoms with Gasteiger partial charge in [0.15, 0.2) is 0 Å². The summed E-state index contributed by atoms with van der Waals surface area (Å²) in [6.45, 7) is 2.33. The highest BCUT2D eigenvalue weighted by molar-refractivity contribution is 6.30. The zero-order valence-electron chi connectivity index (χ0n) is 18.8. The van der Waals surface area contributed by atoms with Crippen molar-refractivity contribution in [2.45, 2.75) is 19.4 Å². The number of ether oxygens (including phenoxy) is 1. The van der Waals surface area contributed by atoms with Crippen molar-refractivity contribution < 1.29 is 23.9 Å². The highest BCUT2D eigenvalue weighted by atomic mass is 35.5. The van der Waals surface area contributed by atoms with E-state index in [9.17, 15) is 19.2 Å². The van der Waals surface area contributed by atoms with E-state index >= 15 is 0 Å². The van der Waals surface area contributed by atoms with E-state index in [1.54, 1.807) is 54.6 Å². The maximum absolute atomic E-state index is 13.4.